The van der Waals surface area contributed by atoms with Crippen LogP contribution in [0.2, 0.25) is 0 Å². The molecule has 1 atom stereocenters. The van der Waals surface area contributed by atoms with Crippen LogP contribution in [-0.2, 0) is 13.1 Å². The Hall–Kier alpha value is -2.66. The zero-order valence-electron chi connectivity index (χ0n) is 14.6. The van der Waals surface area contributed by atoms with Crippen molar-refractivity contribution < 1.29 is 18.4 Å². The molecule has 1 saturated carbocycles. The summed E-state index contributed by atoms with van der Waals surface area (Å²) in [6.07, 6.45) is 2.37. The van der Waals surface area contributed by atoms with Crippen LogP contribution in [0.3, 0.4) is 0 Å². The van der Waals surface area contributed by atoms with E-state index >= 15 is 0 Å². The average molecular weight is 354 g/mol. The maximum Gasteiger partial charge on any atom is 0.336 e. The molecule has 1 fully saturated rings. The maximum atomic E-state index is 13.2. The molecule has 1 N–H and O–H groups in total. The Morgan fingerprint density at radius 1 is 1.12 bits per heavy atom. The molecule has 0 spiro atoms. The van der Waals surface area contributed by atoms with Crippen LogP contribution in [0.1, 0.15) is 24.0 Å². The first-order chi connectivity index (χ1) is 12.6. The Morgan fingerprint density at radius 2 is 1.88 bits per heavy atom. The third kappa shape index (κ3) is 3.63. The summed E-state index contributed by atoms with van der Waals surface area (Å²) < 4.78 is 23.7. The fourth-order valence-electron chi connectivity index (χ4n) is 3.44. The summed E-state index contributed by atoms with van der Waals surface area (Å²) in [5.41, 5.74) is 2.27. The Balaban J connectivity index is 1.65. The lowest BCUT2D eigenvalue weighted by atomic mass is 10.1. The molecule has 3 aromatic rings. The van der Waals surface area contributed by atoms with Gasteiger partial charge in [-0.05, 0) is 24.3 Å². The van der Waals surface area contributed by atoms with Gasteiger partial charge >= 0.3 is 5.63 Å². The molecule has 0 aliphatic heterocycles. The van der Waals surface area contributed by atoms with Crippen molar-refractivity contribution in [3.8, 4) is 5.75 Å². The van der Waals surface area contributed by atoms with Crippen LogP contribution in [0.25, 0.3) is 11.0 Å². The zero-order valence-corrected chi connectivity index (χ0v) is 14.6. The number of quaternary nitrogens is 1. The van der Waals surface area contributed by atoms with Crippen molar-refractivity contribution in [3.05, 3.63) is 75.9 Å². The van der Waals surface area contributed by atoms with Crippen LogP contribution in [0.5, 0.6) is 5.75 Å². The highest BCUT2D eigenvalue weighted by atomic mass is 19.1. The van der Waals surface area contributed by atoms with E-state index in [1.807, 2.05) is 24.3 Å². The van der Waals surface area contributed by atoms with E-state index < -0.39 is 0 Å². The Bertz CT molecular complexity index is 977. The molecular formula is C21H21FNO3+. The molecule has 2 aromatic carbocycles. The number of hydrogen-bond donors (Lipinski definition) is 1. The zero-order chi connectivity index (χ0) is 18.1. The molecule has 0 amide bonds. The number of rotatable bonds is 6. The van der Waals surface area contributed by atoms with Gasteiger partial charge in [-0.25, -0.2) is 9.18 Å². The van der Waals surface area contributed by atoms with Crippen molar-refractivity contribution in [1.29, 1.82) is 0 Å². The number of benzene rings is 2. The molecule has 1 aromatic heterocycles. The molecule has 4 rings (SSSR count). The van der Waals surface area contributed by atoms with Crippen molar-refractivity contribution in [2.45, 2.75) is 32.0 Å². The number of fused-ring (bicyclic) bond motifs is 1. The van der Waals surface area contributed by atoms with E-state index in [1.165, 1.54) is 29.9 Å². The van der Waals surface area contributed by atoms with Gasteiger partial charge < -0.3 is 14.1 Å². The highest BCUT2D eigenvalue weighted by Crippen LogP contribution is 2.23. The quantitative estimate of drug-likeness (QED) is 0.692. The standard InChI is InChI=1S/C21H20FNO3/c1-25-18-8-9-19-15(10-21(24)26-20(19)11-18)13-23(17-6-7-17)12-14-2-4-16(22)5-3-14/h2-5,8-11,17H,6-7,12-13H2,1H3/p+1. The minimum atomic E-state index is -0.349. The van der Waals surface area contributed by atoms with E-state index in [0.29, 0.717) is 17.4 Å². The Labute approximate surface area is 150 Å². The van der Waals surface area contributed by atoms with Gasteiger partial charge in [0.15, 0.2) is 0 Å². The Morgan fingerprint density at radius 3 is 2.58 bits per heavy atom. The molecule has 1 aliphatic carbocycles. The molecule has 0 saturated heterocycles. The van der Waals surface area contributed by atoms with Crippen molar-refractivity contribution in [3.63, 3.8) is 0 Å². The van der Waals surface area contributed by atoms with E-state index in [2.05, 4.69) is 0 Å². The third-order valence-corrected chi connectivity index (χ3v) is 4.95. The highest BCUT2D eigenvalue weighted by molar-refractivity contribution is 5.81. The van der Waals surface area contributed by atoms with E-state index in [9.17, 15) is 9.18 Å². The molecule has 4 nitrogen and oxygen atoms in total. The number of ether oxygens (including phenoxy) is 1. The lowest BCUT2D eigenvalue weighted by Gasteiger charge is -2.20. The van der Waals surface area contributed by atoms with E-state index in [1.54, 1.807) is 19.2 Å². The smallest absolute Gasteiger partial charge is 0.336 e. The first-order valence-electron chi connectivity index (χ1n) is 8.82. The largest absolute Gasteiger partial charge is 0.497 e. The van der Waals surface area contributed by atoms with Crippen LogP contribution in [0.15, 0.2) is 57.7 Å². The SMILES string of the molecule is COc1ccc2c(C[NH+](Cc3ccc(F)cc3)C3CC3)cc(=O)oc2c1. The van der Waals surface area contributed by atoms with Gasteiger partial charge in [-0.2, -0.15) is 0 Å². The normalized spacial score (nSPS) is 15.2. The summed E-state index contributed by atoms with van der Waals surface area (Å²) in [6, 6.07) is 14.4. The second kappa shape index (κ2) is 6.92. The second-order valence-electron chi connectivity index (χ2n) is 6.87. The predicted octanol–water partition coefficient (Wildman–Crippen LogP) is 2.69. The molecule has 1 heterocycles. The number of nitrogens with one attached hydrogen (secondary N) is 1. The number of methoxy groups -OCH3 is 1. The first kappa shape index (κ1) is 16.8. The third-order valence-electron chi connectivity index (χ3n) is 4.95. The van der Waals surface area contributed by atoms with Gasteiger partial charge in [0.25, 0.3) is 0 Å². The highest BCUT2D eigenvalue weighted by Gasteiger charge is 2.33. The maximum absolute atomic E-state index is 13.2. The molecule has 0 bridgehead atoms. The average Bonchev–Trinajstić information content (AvgIpc) is 3.47. The number of halogens is 1. The fraction of sp³-hybridized carbons (Fsp3) is 0.286. The van der Waals surface area contributed by atoms with Crippen LogP contribution >= 0.6 is 0 Å². The summed E-state index contributed by atoms with van der Waals surface area (Å²) in [5.74, 6) is 0.442. The second-order valence-corrected chi connectivity index (χ2v) is 6.87. The molecule has 134 valence electrons. The van der Waals surface area contributed by atoms with Gasteiger partial charge in [0, 0.05) is 41.5 Å². The lowest BCUT2D eigenvalue weighted by molar-refractivity contribution is -0.938. The molecule has 1 aliphatic rings. The summed E-state index contributed by atoms with van der Waals surface area (Å²) in [6.45, 7) is 1.54. The summed E-state index contributed by atoms with van der Waals surface area (Å²) in [4.78, 5) is 13.4. The van der Waals surface area contributed by atoms with Gasteiger partial charge in [-0.1, -0.05) is 12.1 Å². The van der Waals surface area contributed by atoms with Gasteiger partial charge in [-0.3, -0.25) is 0 Å². The van der Waals surface area contributed by atoms with Crippen molar-refractivity contribution >= 4 is 11.0 Å². The van der Waals surface area contributed by atoms with Gasteiger partial charge in [0.05, 0.1) is 13.2 Å². The van der Waals surface area contributed by atoms with E-state index in [4.69, 9.17) is 9.15 Å². The van der Waals surface area contributed by atoms with Gasteiger partial charge in [0.2, 0.25) is 0 Å². The lowest BCUT2D eigenvalue weighted by Crippen LogP contribution is -3.10. The number of hydrogen-bond acceptors (Lipinski definition) is 3. The van der Waals surface area contributed by atoms with E-state index in [-0.39, 0.29) is 11.4 Å². The first-order valence-corrected chi connectivity index (χ1v) is 8.82. The van der Waals surface area contributed by atoms with Gasteiger partial charge in [0.1, 0.15) is 30.2 Å². The summed E-state index contributed by atoms with van der Waals surface area (Å²) >= 11 is 0. The van der Waals surface area contributed by atoms with Crippen LogP contribution in [0.4, 0.5) is 4.39 Å². The monoisotopic (exact) mass is 354 g/mol. The van der Waals surface area contributed by atoms with Crippen molar-refractivity contribution in [2.24, 2.45) is 0 Å². The van der Waals surface area contributed by atoms with Crippen molar-refractivity contribution in [1.82, 2.24) is 0 Å². The minimum Gasteiger partial charge on any atom is -0.497 e. The van der Waals surface area contributed by atoms with E-state index in [0.717, 1.165) is 29.6 Å². The summed E-state index contributed by atoms with van der Waals surface area (Å²) in [5, 5.41) is 0.933. The van der Waals surface area contributed by atoms with Crippen LogP contribution in [-0.4, -0.2) is 13.2 Å². The Kier molecular flexibility index (Phi) is 4.47. The van der Waals surface area contributed by atoms with Crippen molar-refractivity contribution in [2.75, 3.05) is 7.11 Å². The predicted molar refractivity (Wildman–Crippen MR) is 96.8 cm³/mol. The topological polar surface area (TPSA) is 43.9 Å². The molecule has 1 unspecified atom stereocenters. The summed E-state index contributed by atoms with van der Waals surface area (Å²) in [7, 11) is 1.59. The van der Waals surface area contributed by atoms with Crippen LogP contribution in [0, 0.1) is 5.82 Å². The minimum absolute atomic E-state index is 0.220. The molecule has 0 radical (unpaired) electrons. The van der Waals surface area contributed by atoms with Gasteiger partial charge in [-0.15, -0.1) is 0 Å². The fourth-order valence-corrected chi connectivity index (χ4v) is 3.44. The molecular weight excluding hydrogens is 333 g/mol. The van der Waals surface area contributed by atoms with Crippen LogP contribution < -0.4 is 15.3 Å². The molecule has 26 heavy (non-hydrogen) atoms. The molecule has 5 heteroatoms.